The maximum atomic E-state index is 15.5. The monoisotopic (exact) mass is 541 g/mol. The predicted molar refractivity (Wildman–Crippen MR) is 154 cm³/mol. The van der Waals surface area contributed by atoms with Gasteiger partial charge in [-0.3, -0.25) is 19.3 Å². The molecule has 2 heterocycles. The molecular weight excluding hydrogens is 509 g/mol. The fourth-order valence-corrected chi connectivity index (χ4v) is 5.34. The maximum absolute atomic E-state index is 15.5. The van der Waals surface area contributed by atoms with E-state index in [0.717, 1.165) is 12.0 Å². The lowest BCUT2D eigenvalue weighted by molar-refractivity contribution is -0.140. The van der Waals surface area contributed by atoms with Crippen LogP contribution in [-0.2, 0) is 14.4 Å². The summed E-state index contributed by atoms with van der Waals surface area (Å²) in [5.41, 5.74) is 3.48. The van der Waals surface area contributed by atoms with Gasteiger partial charge < -0.3 is 20.5 Å². The fourth-order valence-electron chi connectivity index (χ4n) is 5.34. The van der Waals surface area contributed by atoms with Gasteiger partial charge in [0, 0.05) is 41.3 Å². The fraction of sp³-hybridized carbons (Fsp3) is 0.258. The molecule has 9 heteroatoms. The molecule has 0 radical (unpaired) electrons. The van der Waals surface area contributed by atoms with E-state index in [1.54, 1.807) is 47.4 Å². The molecule has 8 nitrogen and oxygen atoms in total. The highest BCUT2D eigenvalue weighted by molar-refractivity contribution is 6.00. The molecule has 3 N–H and O–H groups in total. The molecule has 1 fully saturated rings. The largest absolute Gasteiger partial charge is 0.352 e. The van der Waals surface area contributed by atoms with Gasteiger partial charge in [0.1, 0.15) is 12.1 Å². The number of fused-ring (bicyclic) bond motifs is 1. The quantitative estimate of drug-likeness (QED) is 0.301. The van der Waals surface area contributed by atoms with E-state index in [0.29, 0.717) is 46.5 Å². The smallest absolute Gasteiger partial charge is 0.247 e. The first-order valence-electron chi connectivity index (χ1n) is 13.2. The Hall–Kier alpha value is -4.50. The summed E-state index contributed by atoms with van der Waals surface area (Å²) in [6.45, 7) is 1.93. The lowest BCUT2D eigenvalue weighted by Gasteiger charge is -2.31. The van der Waals surface area contributed by atoms with E-state index >= 15 is 4.39 Å². The van der Waals surface area contributed by atoms with Crippen molar-refractivity contribution >= 4 is 40.0 Å². The van der Waals surface area contributed by atoms with Gasteiger partial charge in [0.15, 0.2) is 5.82 Å². The van der Waals surface area contributed by atoms with E-state index in [4.69, 9.17) is 0 Å². The normalized spacial score (nSPS) is 15.8. The summed E-state index contributed by atoms with van der Waals surface area (Å²) in [6.07, 6.45) is 1.29. The van der Waals surface area contributed by atoms with E-state index < -0.39 is 17.9 Å². The van der Waals surface area contributed by atoms with Crippen LogP contribution in [0.15, 0.2) is 72.8 Å². The number of likely N-dealkylation sites (N-methyl/N-ethyl adjacent to an activating group) is 1. The third kappa shape index (κ3) is 5.46. The Kier molecular flexibility index (Phi) is 7.66. The summed E-state index contributed by atoms with van der Waals surface area (Å²) in [6, 6.07) is 20.3. The molecule has 3 aromatic carbocycles. The van der Waals surface area contributed by atoms with Gasteiger partial charge in [0.25, 0.3) is 0 Å². The maximum Gasteiger partial charge on any atom is 0.247 e. The second-order valence-electron chi connectivity index (χ2n) is 10.3. The highest BCUT2D eigenvalue weighted by Crippen LogP contribution is 2.32. The molecular formula is C31H32FN5O3. The van der Waals surface area contributed by atoms with Gasteiger partial charge in [-0.1, -0.05) is 42.5 Å². The van der Waals surface area contributed by atoms with Crippen molar-refractivity contribution in [2.75, 3.05) is 31.3 Å². The number of rotatable bonds is 7. The van der Waals surface area contributed by atoms with Gasteiger partial charge in [-0.25, -0.2) is 4.39 Å². The molecule has 206 valence electrons. The van der Waals surface area contributed by atoms with Crippen molar-refractivity contribution < 1.29 is 18.8 Å². The van der Waals surface area contributed by atoms with Gasteiger partial charge in [-0.2, -0.15) is 0 Å². The second kappa shape index (κ2) is 11.3. The molecule has 0 aliphatic carbocycles. The van der Waals surface area contributed by atoms with E-state index in [-0.39, 0.29) is 17.7 Å². The number of H-pyrrole nitrogens is 1. The number of benzene rings is 3. The van der Waals surface area contributed by atoms with Crippen LogP contribution in [-0.4, -0.2) is 59.2 Å². The van der Waals surface area contributed by atoms with Crippen molar-refractivity contribution in [3.8, 4) is 11.3 Å². The van der Waals surface area contributed by atoms with Crippen LogP contribution in [0.1, 0.15) is 31.4 Å². The number of hydrogen-bond donors (Lipinski definition) is 3. The minimum atomic E-state index is -0.608. The number of halogens is 1. The topological polar surface area (TPSA) is 97.5 Å². The zero-order chi connectivity index (χ0) is 28.4. The van der Waals surface area contributed by atoms with Gasteiger partial charge in [-0.05, 0) is 62.8 Å². The Morgan fingerprint density at radius 2 is 1.68 bits per heavy atom. The third-order valence-corrected chi connectivity index (χ3v) is 7.20. The van der Waals surface area contributed by atoms with Gasteiger partial charge in [-0.15, -0.1) is 0 Å². The van der Waals surface area contributed by atoms with Crippen molar-refractivity contribution in [2.24, 2.45) is 0 Å². The van der Waals surface area contributed by atoms with Crippen LogP contribution in [0.3, 0.4) is 0 Å². The lowest BCUT2D eigenvalue weighted by Crippen LogP contribution is -2.47. The summed E-state index contributed by atoms with van der Waals surface area (Å²) < 4.78 is 15.5. The van der Waals surface area contributed by atoms with E-state index in [1.807, 2.05) is 49.3 Å². The summed E-state index contributed by atoms with van der Waals surface area (Å²) in [5.74, 6) is -1.03. The summed E-state index contributed by atoms with van der Waals surface area (Å²) in [7, 11) is 3.71. The molecule has 4 aromatic rings. The zero-order valence-electron chi connectivity index (χ0n) is 22.7. The van der Waals surface area contributed by atoms with Crippen molar-refractivity contribution in [2.45, 2.75) is 31.8 Å². The number of aromatic nitrogens is 1. The van der Waals surface area contributed by atoms with Crippen LogP contribution in [0.2, 0.25) is 0 Å². The zero-order valence-corrected chi connectivity index (χ0v) is 22.7. The van der Waals surface area contributed by atoms with Crippen molar-refractivity contribution in [1.82, 2.24) is 14.8 Å². The van der Waals surface area contributed by atoms with Crippen LogP contribution in [0.4, 0.5) is 15.8 Å². The number of hydrogen-bond acceptors (Lipinski definition) is 4. The van der Waals surface area contributed by atoms with E-state index in [9.17, 15) is 14.4 Å². The SMILES string of the molecule is CC(=O)Nc1ccc(-c2[nH]c3ccc(NC(=O)[C@@H]4CCCN4C(=O)[C@H](c4ccccc4)N(C)C)cc3c2F)cc1. The lowest BCUT2D eigenvalue weighted by atomic mass is 10.0. The molecule has 0 bridgehead atoms. The third-order valence-electron chi connectivity index (χ3n) is 7.20. The Morgan fingerprint density at radius 3 is 2.35 bits per heavy atom. The average Bonchev–Trinajstić information content (AvgIpc) is 3.55. The standard InChI is InChI=1S/C31H32FN5O3/c1-19(38)33-22-13-11-20(12-14-22)28-27(32)24-18-23(15-16-25(24)35-28)34-30(39)26-10-7-17-37(26)31(40)29(36(2)3)21-8-5-4-6-9-21/h4-6,8-9,11-16,18,26,29,35H,7,10,17H2,1-3H3,(H,33,38)(H,34,39)/t26-,29-/m0/s1. The molecule has 5 rings (SSSR count). The molecule has 1 aromatic heterocycles. The first kappa shape index (κ1) is 27.1. The number of nitrogens with one attached hydrogen (secondary N) is 3. The summed E-state index contributed by atoms with van der Waals surface area (Å²) in [5, 5.41) is 5.94. The molecule has 0 unspecified atom stereocenters. The van der Waals surface area contributed by atoms with Gasteiger partial charge >= 0.3 is 0 Å². The van der Waals surface area contributed by atoms with Gasteiger partial charge in [0.2, 0.25) is 17.7 Å². The van der Waals surface area contributed by atoms with Crippen LogP contribution < -0.4 is 10.6 Å². The molecule has 1 saturated heterocycles. The van der Waals surface area contributed by atoms with Crippen molar-refractivity contribution in [1.29, 1.82) is 0 Å². The second-order valence-corrected chi connectivity index (χ2v) is 10.3. The minimum Gasteiger partial charge on any atom is -0.352 e. The van der Waals surface area contributed by atoms with Crippen LogP contribution >= 0.6 is 0 Å². The molecule has 2 atom stereocenters. The number of anilines is 2. The Labute approximate surface area is 232 Å². The molecule has 0 spiro atoms. The summed E-state index contributed by atoms with van der Waals surface area (Å²) in [4.78, 5) is 44.9. The molecule has 40 heavy (non-hydrogen) atoms. The van der Waals surface area contributed by atoms with Crippen LogP contribution in [0, 0.1) is 5.82 Å². The first-order chi connectivity index (χ1) is 19.2. The van der Waals surface area contributed by atoms with Crippen molar-refractivity contribution in [3.63, 3.8) is 0 Å². The molecule has 3 amide bonds. The number of carbonyl (C=O) groups is 3. The Morgan fingerprint density at radius 1 is 0.975 bits per heavy atom. The first-order valence-corrected chi connectivity index (χ1v) is 13.2. The van der Waals surface area contributed by atoms with Crippen molar-refractivity contribution in [3.05, 3.63) is 84.2 Å². The molecule has 1 aliphatic rings. The van der Waals surface area contributed by atoms with E-state index in [2.05, 4.69) is 15.6 Å². The van der Waals surface area contributed by atoms with Crippen LogP contribution in [0.5, 0.6) is 0 Å². The number of nitrogens with zero attached hydrogens (tertiary/aromatic N) is 2. The number of likely N-dealkylation sites (tertiary alicyclic amines) is 1. The Bertz CT molecular complexity index is 1550. The molecule has 0 saturated carbocycles. The average molecular weight is 542 g/mol. The highest BCUT2D eigenvalue weighted by atomic mass is 19.1. The van der Waals surface area contributed by atoms with Crippen LogP contribution in [0.25, 0.3) is 22.2 Å². The van der Waals surface area contributed by atoms with Gasteiger partial charge in [0.05, 0.1) is 5.69 Å². The molecule has 1 aliphatic heterocycles. The number of carbonyl (C=O) groups excluding carboxylic acids is 3. The minimum absolute atomic E-state index is 0.116. The van der Waals surface area contributed by atoms with E-state index in [1.165, 1.54) is 6.92 Å². The predicted octanol–water partition coefficient (Wildman–Crippen LogP) is 5.16. The highest BCUT2D eigenvalue weighted by Gasteiger charge is 2.38. The number of amides is 3. The number of aromatic amines is 1. The summed E-state index contributed by atoms with van der Waals surface area (Å²) >= 11 is 0. The Balaban J connectivity index is 1.34.